The number of pyridine rings is 1. The van der Waals surface area contributed by atoms with Crippen LogP contribution in [0.1, 0.15) is 12.1 Å². The van der Waals surface area contributed by atoms with Gasteiger partial charge in [0.1, 0.15) is 0 Å². The largest absolute Gasteiger partial charge is 0.379 e. The van der Waals surface area contributed by atoms with Gasteiger partial charge in [0, 0.05) is 31.5 Å². The van der Waals surface area contributed by atoms with Gasteiger partial charge in [0.25, 0.3) is 0 Å². The summed E-state index contributed by atoms with van der Waals surface area (Å²) in [5, 5.41) is 5.68. The molecular weight excluding hydrogens is 218 g/mol. The number of urea groups is 1. The molecule has 1 unspecified atom stereocenters. The first-order valence-electron chi connectivity index (χ1n) is 5.86. The third kappa shape index (κ3) is 4.03. The van der Waals surface area contributed by atoms with Crippen LogP contribution < -0.4 is 10.6 Å². The number of hydrogen-bond acceptors (Lipinski definition) is 3. The lowest BCUT2D eigenvalue weighted by Gasteiger charge is -2.11. The molecule has 1 atom stereocenters. The minimum absolute atomic E-state index is 0.128. The zero-order chi connectivity index (χ0) is 11.9. The predicted octanol–water partition coefficient (Wildman–Crippen LogP) is 0.712. The third-order valence-electron chi connectivity index (χ3n) is 2.66. The molecule has 0 saturated carbocycles. The highest BCUT2D eigenvalue weighted by molar-refractivity contribution is 5.74. The molecule has 1 aliphatic heterocycles. The fourth-order valence-electron chi connectivity index (χ4n) is 1.73. The van der Waals surface area contributed by atoms with Crippen molar-refractivity contribution in [1.29, 1.82) is 0 Å². The zero-order valence-electron chi connectivity index (χ0n) is 9.69. The van der Waals surface area contributed by atoms with Gasteiger partial charge < -0.3 is 15.4 Å². The maximum Gasteiger partial charge on any atom is 0.315 e. The van der Waals surface area contributed by atoms with Gasteiger partial charge in [-0.05, 0) is 18.6 Å². The minimum atomic E-state index is -0.128. The Bertz CT molecular complexity index is 350. The Morgan fingerprint density at radius 3 is 3.18 bits per heavy atom. The molecule has 0 spiro atoms. The summed E-state index contributed by atoms with van der Waals surface area (Å²) in [5.74, 6) is 0. The van der Waals surface area contributed by atoms with Crippen LogP contribution in [-0.2, 0) is 11.2 Å². The van der Waals surface area contributed by atoms with Crippen LogP contribution in [0, 0.1) is 0 Å². The molecule has 92 valence electrons. The summed E-state index contributed by atoms with van der Waals surface area (Å²) in [4.78, 5) is 15.7. The molecule has 0 bridgehead atoms. The van der Waals surface area contributed by atoms with Crippen LogP contribution in [0.5, 0.6) is 0 Å². The fourth-order valence-corrected chi connectivity index (χ4v) is 1.73. The molecule has 0 radical (unpaired) electrons. The van der Waals surface area contributed by atoms with Crippen molar-refractivity contribution < 1.29 is 9.53 Å². The molecule has 0 aliphatic carbocycles. The Balaban J connectivity index is 1.63. The van der Waals surface area contributed by atoms with Gasteiger partial charge in [0.2, 0.25) is 0 Å². The van der Waals surface area contributed by atoms with E-state index in [1.54, 1.807) is 6.20 Å². The maximum absolute atomic E-state index is 11.5. The lowest BCUT2D eigenvalue weighted by atomic mass is 10.2. The SMILES string of the molecule is O=C(NCCc1ccccn1)NC1CCOC1. The molecule has 5 heteroatoms. The van der Waals surface area contributed by atoms with Crippen LogP contribution in [-0.4, -0.2) is 36.8 Å². The van der Waals surface area contributed by atoms with E-state index in [-0.39, 0.29) is 12.1 Å². The van der Waals surface area contributed by atoms with Crippen molar-refractivity contribution in [3.8, 4) is 0 Å². The molecule has 2 rings (SSSR count). The highest BCUT2D eigenvalue weighted by Gasteiger charge is 2.17. The van der Waals surface area contributed by atoms with Crippen LogP contribution >= 0.6 is 0 Å². The third-order valence-corrected chi connectivity index (χ3v) is 2.66. The number of carbonyl (C=O) groups is 1. The first-order valence-corrected chi connectivity index (χ1v) is 5.86. The van der Waals surface area contributed by atoms with E-state index in [4.69, 9.17) is 4.74 Å². The van der Waals surface area contributed by atoms with Crippen LogP contribution in [0.3, 0.4) is 0 Å². The first-order chi connectivity index (χ1) is 8.34. The quantitative estimate of drug-likeness (QED) is 0.808. The smallest absolute Gasteiger partial charge is 0.315 e. The average molecular weight is 235 g/mol. The number of hydrogen-bond donors (Lipinski definition) is 2. The number of nitrogens with zero attached hydrogens (tertiary/aromatic N) is 1. The van der Waals surface area contributed by atoms with Gasteiger partial charge in [0.05, 0.1) is 12.6 Å². The van der Waals surface area contributed by atoms with Crippen molar-refractivity contribution in [3.05, 3.63) is 30.1 Å². The standard InChI is InChI=1S/C12H17N3O2/c16-12(15-11-5-8-17-9-11)14-7-4-10-3-1-2-6-13-10/h1-3,6,11H,4-5,7-9H2,(H2,14,15,16). The van der Waals surface area contributed by atoms with E-state index in [2.05, 4.69) is 15.6 Å². The lowest BCUT2D eigenvalue weighted by molar-refractivity contribution is 0.188. The highest BCUT2D eigenvalue weighted by Crippen LogP contribution is 2.02. The van der Waals surface area contributed by atoms with E-state index in [9.17, 15) is 4.79 Å². The second-order valence-corrected chi connectivity index (χ2v) is 4.03. The second-order valence-electron chi connectivity index (χ2n) is 4.03. The number of aromatic nitrogens is 1. The Morgan fingerprint density at radius 1 is 1.53 bits per heavy atom. The molecule has 2 amide bonds. The van der Waals surface area contributed by atoms with E-state index in [1.165, 1.54) is 0 Å². The van der Waals surface area contributed by atoms with Crippen LogP contribution in [0.15, 0.2) is 24.4 Å². The molecule has 5 nitrogen and oxygen atoms in total. The van der Waals surface area contributed by atoms with Crippen molar-refractivity contribution in [2.75, 3.05) is 19.8 Å². The normalized spacial score (nSPS) is 18.9. The van der Waals surface area contributed by atoms with Gasteiger partial charge in [0.15, 0.2) is 0 Å². The fraction of sp³-hybridized carbons (Fsp3) is 0.500. The van der Waals surface area contributed by atoms with Gasteiger partial charge in [-0.3, -0.25) is 4.98 Å². The van der Waals surface area contributed by atoms with E-state index in [1.807, 2.05) is 18.2 Å². The van der Waals surface area contributed by atoms with Gasteiger partial charge in [-0.15, -0.1) is 0 Å². The monoisotopic (exact) mass is 235 g/mol. The van der Waals surface area contributed by atoms with Crippen molar-refractivity contribution in [2.24, 2.45) is 0 Å². The molecule has 1 aromatic rings. The maximum atomic E-state index is 11.5. The molecule has 2 N–H and O–H groups in total. The van der Waals surface area contributed by atoms with Crippen molar-refractivity contribution in [2.45, 2.75) is 18.9 Å². The Labute approximate surface area is 101 Å². The summed E-state index contributed by atoms with van der Waals surface area (Å²) in [6, 6.07) is 5.80. The summed E-state index contributed by atoms with van der Waals surface area (Å²) in [7, 11) is 0. The highest BCUT2D eigenvalue weighted by atomic mass is 16.5. The Morgan fingerprint density at radius 2 is 2.47 bits per heavy atom. The summed E-state index contributed by atoms with van der Waals surface area (Å²) in [6.07, 6.45) is 3.40. The van der Waals surface area contributed by atoms with Crippen LogP contribution in [0.25, 0.3) is 0 Å². The van der Waals surface area contributed by atoms with Crippen molar-refractivity contribution in [3.63, 3.8) is 0 Å². The van der Waals surface area contributed by atoms with E-state index >= 15 is 0 Å². The zero-order valence-corrected chi connectivity index (χ0v) is 9.69. The summed E-state index contributed by atoms with van der Waals surface area (Å²) >= 11 is 0. The Kier molecular flexibility index (Phi) is 4.32. The number of amides is 2. The predicted molar refractivity (Wildman–Crippen MR) is 63.7 cm³/mol. The minimum Gasteiger partial charge on any atom is -0.379 e. The molecule has 1 aliphatic rings. The molecule has 1 saturated heterocycles. The Hall–Kier alpha value is -1.62. The van der Waals surface area contributed by atoms with E-state index in [0.29, 0.717) is 13.2 Å². The number of rotatable bonds is 4. The van der Waals surface area contributed by atoms with E-state index < -0.39 is 0 Å². The van der Waals surface area contributed by atoms with Gasteiger partial charge in [-0.1, -0.05) is 6.07 Å². The lowest BCUT2D eigenvalue weighted by Crippen LogP contribution is -2.43. The molecule has 2 heterocycles. The molecule has 17 heavy (non-hydrogen) atoms. The van der Waals surface area contributed by atoms with Gasteiger partial charge in [-0.2, -0.15) is 0 Å². The summed E-state index contributed by atoms with van der Waals surface area (Å²) < 4.78 is 5.18. The van der Waals surface area contributed by atoms with Crippen molar-refractivity contribution in [1.82, 2.24) is 15.6 Å². The molecule has 1 fully saturated rings. The van der Waals surface area contributed by atoms with Gasteiger partial charge >= 0.3 is 6.03 Å². The van der Waals surface area contributed by atoms with Gasteiger partial charge in [-0.25, -0.2) is 4.79 Å². The average Bonchev–Trinajstić information content (AvgIpc) is 2.83. The number of ether oxygens (including phenoxy) is 1. The number of nitrogens with one attached hydrogen (secondary N) is 2. The molecular formula is C12H17N3O2. The molecule has 1 aromatic heterocycles. The number of carbonyl (C=O) groups excluding carboxylic acids is 1. The summed E-state index contributed by atoms with van der Waals surface area (Å²) in [5.41, 5.74) is 0.983. The second kappa shape index (κ2) is 6.20. The summed E-state index contributed by atoms with van der Waals surface area (Å²) in [6.45, 7) is 1.95. The topological polar surface area (TPSA) is 63.2 Å². The van der Waals surface area contributed by atoms with Crippen molar-refractivity contribution >= 4 is 6.03 Å². The van der Waals surface area contributed by atoms with Crippen LogP contribution in [0.2, 0.25) is 0 Å². The molecule has 0 aromatic carbocycles. The van der Waals surface area contributed by atoms with Crippen LogP contribution in [0.4, 0.5) is 4.79 Å². The van der Waals surface area contributed by atoms with E-state index in [0.717, 1.165) is 25.1 Å². The first kappa shape index (κ1) is 11.9.